The van der Waals surface area contributed by atoms with Gasteiger partial charge in [0.05, 0.1) is 7.11 Å². The van der Waals surface area contributed by atoms with E-state index in [0.717, 1.165) is 5.56 Å². The Morgan fingerprint density at radius 3 is 2.22 bits per heavy atom. The number of benzene rings is 1. The number of hydrogen-bond acceptors (Lipinski definition) is 5. The first-order valence-electron chi connectivity index (χ1n) is 9.00. The highest BCUT2D eigenvalue weighted by Crippen LogP contribution is 2.15. The Bertz CT molecular complexity index is 640. The Hall–Kier alpha value is -2.57. The van der Waals surface area contributed by atoms with Crippen LogP contribution in [0.1, 0.15) is 46.6 Å². The third-order valence-electron chi connectivity index (χ3n) is 3.82. The molecule has 7 nitrogen and oxygen atoms in total. The van der Waals surface area contributed by atoms with Gasteiger partial charge in [-0.1, -0.05) is 37.3 Å². The monoisotopic (exact) mass is 378 g/mol. The Kier molecular flexibility index (Phi) is 8.28. The Morgan fingerprint density at radius 2 is 1.74 bits per heavy atom. The molecule has 0 radical (unpaired) electrons. The fraction of sp³-hybridized carbons (Fsp3) is 0.550. The largest absolute Gasteiger partial charge is 0.467 e. The van der Waals surface area contributed by atoms with E-state index in [-0.39, 0.29) is 12.5 Å². The van der Waals surface area contributed by atoms with Crippen LogP contribution in [0.15, 0.2) is 30.3 Å². The first kappa shape index (κ1) is 22.5. The number of methoxy groups -OCH3 is 1. The molecule has 0 bridgehead atoms. The number of nitrogens with one attached hydrogen (secondary N) is 1. The number of esters is 1. The highest BCUT2D eigenvalue weighted by molar-refractivity contribution is 5.89. The van der Waals surface area contributed by atoms with Gasteiger partial charge in [0.1, 0.15) is 17.7 Å². The summed E-state index contributed by atoms with van der Waals surface area (Å²) in [5, 5.41) is 2.53. The summed E-state index contributed by atoms with van der Waals surface area (Å²) >= 11 is 0. The summed E-state index contributed by atoms with van der Waals surface area (Å²) in [5.74, 6) is -0.881. The molecule has 0 saturated carbocycles. The Labute approximate surface area is 161 Å². The maximum absolute atomic E-state index is 13.0. The lowest BCUT2D eigenvalue weighted by Crippen LogP contribution is -2.53. The maximum atomic E-state index is 13.0. The highest BCUT2D eigenvalue weighted by Gasteiger charge is 2.33. The van der Waals surface area contributed by atoms with Crippen molar-refractivity contribution in [2.45, 2.75) is 65.3 Å². The summed E-state index contributed by atoms with van der Waals surface area (Å²) in [6, 6.07) is 7.73. The molecule has 1 aromatic carbocycles. The van der Waals surface area contributed by atoms with Crippen molar-refractivity contribution >= 4 is 18.0 Å². The molecule has 2 unspecified atom stereocenters. The summed E-state index contributed by atoms with van der Waals surface area (Å²) in [6.45, 7) is 8.82. The van der Waals surface area contributed by atoms with Gasteiger partial charge in [0.15, 0.2) is 0 Å². The van der Waals surface area contributed by atoms with E-state index in [4.69, 9.17) is 9.47 Å². The van der Waals surface area contributed by atoms with Gasteiger partial charge >= 0.3 is 12.1 Å². The molecule has 1 rings (SSSR count). The van der Waals surface area contributed by atoms with Crippen molar-refractivity contribution in [3.8, 4) is 0 Å². The number of ether oxygens (including phenoxy) is 2. The summed E-state index contributed by atoms with van der Waals surface area (Å²) in [6.07, 6.45) is -0.293. The molecule has 0 fully saturated rings. The standard InChI is InChI=1S/C20H30N2O5/c1-7-16(18(24)26-6)22(13-15-11-9-8-10-12-15)17(23)14(2)21-19(25)27-20(3,4)5/h8-12,14,16H,7,13H2,1-6H3,(H,21,25). The number of alkyl carbamates (subject to hydrolysis) is 1. The molecule has 1 N–H and O–H groups in total. The van der Waals surface area contributed by atoms with E-state index in [1.54, 1.807) is 34.6 Å². The van der Waals surface area contributed by atoms with Crippen LogP contribution in [0.4, 0.5) is 4.79 Å². The van der Waals surface area contributed by atoms with Gasteiger partial charge in [0.25, 0.3) is 0 Å². The van der Waals surface area contributed by atoms with Gasteiger partial charge in [-0.3, -0.25) is 4.79 Å². The number of carbonyl (C=O) groups is 3. The molecular weight excluding hydrogens is 348 g/mol. The van der Waals surface area contributed by atoms with Crippen LogP contribution in [0, 0.1) is 0 Å². The predicted molar refractivity (Wildman–Crippen MR) is 102 cm³/mol. The molecular formula is C20H30N2O5. The fourth-order valence-corrected chi connectivity index (χ4v) is 2.57. The molecule has 0 aromatic heterocycles. The molecule has 27 heavy (non-hydrogen) atoms. The SMILES string of the molecule is CCC(C(=O)OC)N(Cc1ccccc1)C(=O)C(C)NC(=O)OC(C)(C)C. The lowest BCUT2D eigenvalue weighted by molar-refractivity contribution is -0.154. The van der Waals surface area contributed by atoms with Crippen LogP contribution in [0.2, 0.25) is 0 Å². The Balaban J connectivity index is 3.00. The number of rotatable bonds is 7. The molecule has 0 heterocycles. The summed E-state index contributed by atoms with van der Waals surface area (Å²) < 4.78 is 10.1. The highest BCUT2D eigenvalue weighted by atomic mass is 16.6. The number of amides is 2. The maximum Gasteiger partial charge on any atom is 0.408 e. The molecule has 0 aliphatic heterocycles. The molecule has 0 aliphatic rings. The van der Waals surface area contributed by atoms with Gasteiger partial charge in [-0.15, -0.1) is 0 Å². The Morgan fingerprint density at radius 1 is 1.15 bits per heavy atom. The summed E-state index contributed by atoms with van der Waals surface area (Å²) in [5.41, 5.74) is 0.201. The first-order chi connectivity index (χ1) is 12.6. The zero-order chi connectivity index (χ0) is 20.6. The van der Waals surface area contributed by atoms with Crippen molar-refractivity contribution < 1.29 is 23.9 Å². The van der Waals surface area contributed by atoms with E-state index in [1.807, 2.05) is 30.3 Å². The zero-order valence-electron chi connectivity index (χ0n) is 16.9. The first-order valence-corrected chi connectivity index (χ1v) is 9.00. The van der Waals surface area contributed by atoms with Gasteiger partial charge in [-0.05, 0) is 39.7 Å². The van der Waals surface area contributed by atoms with Crippen molar-refractivity contribution in [1.82, 2.24) is 10.2 Å². The second-order valence-corrected chi connectivity index (χ2v) is 7.27. The van der Waals surface area contributed by atoms with E-state index in [0.29, 0.717) is 6.42 Å². The minimum absolute atomic E-state index is 0.230. The van der Waals surface area contributed by atoms with Crippen molar-refractivity contribution in [2.75, 3.05) is 7.11 Å². The van der Waals surface area contributed by atoms with E-state index >= 15 is 0 Å². The lowest BCUT2D eigenvalue weighted by Gasteiger charge is -2.32. The molecule has 0 saturated heterocycles. The minimum atomic E-state index is -0.859. The molecule has 0 aliphatic carbocycles. The number of carbonyl (C=O) groups excluding carboxylic acids is 3. The normalized spacial score (nSPS) is 13.3. The average Bonchev–Trinajstić information content (AvgIpc) is 2.59. The van der Waals surface area contributed by atoms with E-state index in [2.05, 4.69) is 5.32 Å². The second kappa shape index (κ2) is 9.94. The minimum Gasteiger partial charge on any atom is -0.467 e. The third-order valence-corrected chi connectivity index (χ3v) is 3.82. The summed E-state index contributed by atoms with van der Waals surface area (Å²) in [4.78, 5) is 38.6. The van der Waals surface area contributed by atoms with E-state index < -0.39 is 29.7 Å². The van der Waals surface area contributed by atoms with Gasteiger partial charge < -0.3 is 19.7 Å². The van der Waals surface area contributed by atoms with E-state index in [9.17, 15) is 14.4 Å². The van der Waals surface area contributed by atoms with Crippen molar-refractivity contribution in [1.29, 1.82) is 0 Å². The lowest BCUT2D eigenvalue weighted by atomic mass is 10.1. The molecule has 2 amide bonds. The van der Waals surface area contributed by atoms with E-state index in [1.165, 1.54) is 12.0 Å². The van der Waals surface area contributed by atoms with Crippen LogP contribution in [0.25, 0.3) is 0 Å². The molecule has 7 heteroatoms. The van der Waals surface area contributed by atoms with Crippen LogP contribution < -0.4 is 5.32 Å². The van der Waals surface area contributed by atoms with Crippen LogP contribution >= 0.6 is 0 Å². The quantitative estimate of drug-likeness (QED) is 0.738. The average molecular weight is 378 g/mol. The van der Waals surface area contributed by atoms with Gasteiger partial charge in [-0.25, -0.2) is 9.59 Å². The number of hydrogen-bond donors (Lipinski definition) is 1. The molecule has 1 aromatic rings. The van der Waals surface area contributed by atoms with Crippen molar-refractivity contribution in [2.24, 2.45) is 0 Å². The van der Waals surface area contributed by atoms with Gasteiger partial charge in [-0.2, -0.15) is 0 Å². The van der Waals surface area contributed by atoms with Crippen LogP contribution in [0.5, 0.6) is 0 Å². The topological polar surface area (TPSA) is 84.9 Å². The smallest absolute Gasteiger partial charge is 0.408 e. The van der Waals surface area contributed by atoms with Crippen LogP contribution in [0.3, 0.4) is 0 Å². The van der Waals surface area contributed by atoms with Gasteiger partial charge in [0, 0.05) is 6.54 Å². The number of nitrogens with zero attached hydrogens (tertiary/aromatic N) is 1. The fourth-order valence-electron chi connectivity index (χ4n) is 2.57. The molecule has 150 valence electrons. The van der Waals surface area contributed by atoms with Gasteiger partial charge in [0.2, 0.25) is 5.91 Å². The molecule has 0 spiro atoms. The zero-order valence-corrected chi connectivity index (χ0v) is 16.9. The molecule has 2 atom stereocenters. The van der Waals surface area contributed by atoms with Crippen LogP contribution in [-0.2, 0) is 25.6 Å². The second-order valence-electron chi connectivity index (χ2n) is 7.27. The van der Waals surface area contributed by atoms with Crippen molar-refractivity contribution in [3.63, 3.8) is 0 Å². The van der Waals surface area contributed by atoms with Crippen molar-refractivity contribution in [3.05, 3.63) is 35.9 Å². The van der Waals surface area contributed by atoms with Crippen LogP contribution in [-0.4, -0.2) is 47.7 Å². The third kappa shape index (κ3) is 7.29. The summed E-state index contributed by atoms with van der Waals surface area (Å²) in [7, 11) is 1.29. The predicted octanol–water partition coefficient (Wildman–Crippen LogP) is 2.88.